The van der Waals surface area contributed by atoms with Gasteiger partial charge in [-0.2, -0.15) is 13.2 Å². The third-order valence-electron chi connectivity index (χ3n) is 3.48. The van der Waals surface area contributed by atoms with Crippen LogP contribution in [0.5, 0.6) is 5.75 Å². The summed E-state index contributed by atoms with van der Waals surface area (Å²) in [5.74, 6) is -3.48. The van der Waals surface area contributed by atoms with Gasteiger partial charge in [-0.3, -0.25) is 4.79 Å². The van der Waals surface area contributed by atoms with E-state index in [0.29, 0.717) is 11.1 Å². The number of halogens is 3. The zero-order valence-corrected chi connectivity index (χ0v) is 15.7. The van der Waals surface area contributed by atoms with Crippen molar-refractivity contribution in [3.05, 3.63) is 64.5 Å². The molecule has 0 amide bonds. The number of hydrogen-bond acceptors (Lipinski definition) is 4. The van der Waals surface area contributed by atoms with Crippen LogP contribution in [0.15, 0.2) is 57.7 Å². The van der Waals surface area contributed by atoms with Crippen molar-refractivity contribution in [1.29, 1.82) is 0 Å². The molecule has 3 rings (SSSR count). The molecule has 0 saturated carbocycles. The summed E-state index contributed by atoms with van der Waals surface area (Å²) in [7, 11) is 0. The van der Waals surface area contributed by atoms with Crippen LogP contribution in [-0.4, -0.2) is 28.0 Å². The topological polar surface area (TPSA) is 131 Å². The van der Waals surface area contributed by atoms with Crippen LogP contribution in [0.2, 0.25) is 0 Å². The number of para-hydroxylation sites is 1. The molecular weight excluding hydrogens is 509 g/mol. The monoisotopic (exact) mass is 523 g/mol. The van der Waals surface area contributed by atoms with Gasteiger partial charge in [-0.25, -0.2) is 4.79 Å². The summed E-state index contributed by atoms with van der Waals surface area (Å²) >= 11 is 0. The Labute approximate surface area is 190 Å². The Hall–Kier alpha value is -1.59. The van der Waals surface area contributed by atoms with E-state index in [1.165, 1.54) is 12.1 Å². The standard InChI is InChI=1S/C17H9F3O4.Eu.2H2O/c18-17(19,20)15(22)12-13(21)11-8-4-7-10(14(11)24-16(12)23)9-5-2-1-3-6-9;;;/h1-8,21H;;2*1H2. The van der Waals surface area contributed by atoms with Crippen molar-refractivity contribution in [1.82, 2.24) is 0 Å². The number of aromatic hydroxyl groups is 1. The van der Waals surface area contributed by atoms with Crippen molar-refractivity contribution < 1.29 is 87.8 Å². The Morgan fingerprint density at radius 2 is 1.56 bits per heavy atom. The summed E-state index contributed by atoms with van der Waals surface area (Å²) < 4.78 is 42.7. The van der Waals surface area contributed by atoms with Gasteiger partial charge < -0.3 is 20.5 Å². The molecule has 1 aromatic heterocycles. The second-order valence-electron chi connectivity index (χ2n) is 4.99. The van der Waals surface area contributed by atoms with Crippen molar-refractivity contribution in [2.45, 2.75) is 6.18 Å². The fraction of sp³-hybridized carbons (Fsp3) is 0.0588. The molecule has 0 aliphatic carbocycles. The van der Waals surface area contributed by atoms with Gasteiger partial charge in [0.25, 0.3) is 5.78 Å². The van der Waals surface area contributed by atoms with Gasteiger partial charge in [0.2, 0.25) is 0 Å². The first-order valence-corrected chi connectivity index (χ1v) is 6.76. The molecule has 1 radical (unpaired) electrons. The van der Waals surface area contributed by atoms with E-state index in [2.05, 4.69) is 0 Å². The van der Waals surface area contributed by atoms with E-state index in [1.807, 2.05) is 0 Å². The molecule has 0 aliphatic rings. The zero-order valence-electron chi connectivity index (χ0n) is 13.3. The maximum absolute atomic E-state index is 12.6. The minimum atomic E-state index is -5.29. The number of benzene rings is 2. The molecule has 5 N–H and O–H groups in total. The summed E-state index contributed by atoms with van der Waals surface area (Å²) in [6.07, 6.45) is -5.29. The number of rotatable bonds is 2. The largest absolute Gasteiger partial charge is 0.506 e. The first-order chi connectivity index (χ1) is 11.3. The van der Waals surface area contributed by atoms with Gasteiger partial charge in [-0.15, -0.1) is 0 Å². The molecule has 145 valence electrons. The third-order valence-corrected chi connectivity index (χ3v) is 3.48. The molecule has 6 nitrogen and oxygen atoms in total. The van der Waals surface area contributed by atoms with Gasteiger partial charge in [-0.05, 0) is 11.6 Å². The summed E-state index contributed by atoms with van der Waals surface area (Å²) in [5.41, 5.74) is -2.00. The first-order valence-electron chi connectivity index (χ1n) is 6.76. The van der Waals surface area contributed by atoms with Crippen LogP contribution < -0.4 is 5.63 Å². The number of hydrogen-bond donors (Lipinski definition) is 1. The number of carbonyl (C=O) groups excluding carboxylic acids is 1. The average molecular weight is 522 g/mol. The van der Waals surface area contributed by atoms with Gasteiger partial charge in [-0.1, -0.05) is 42.5 Å². The Balaban J connectivity index is 0.00000225. The maximum atomic E-state index is 12.6. The Kier molecular flexibility index (Phi) is 9.00. The SMILES string of the molecule is O.O.O=C(c1c(O)c2cccc(-c3ccccc3)c2oc1=O)C(F)(F)F.[Eu]. The molecule has 1 heterocycles. The predicted octanol–water partition coefficient (Wildman–Crippen LogP) is 2.26. The maximum Gasteiger partial charge on any atom is 0.455 e. The van der Waals surface area contributed by atoms with E-state index >= 15 is 0 Å². The number of alkyl halides is 3. The number of Topliss-reactive ketones (excluding diaryl/α,β-unsaturated/α-hetero) is 1. The molecule has 3 aromatic rings. The van der Waals surface area contributed by atoms with E-state index in [-0.39, 0.29) is 71.3 Å². The van der Waals surface area contributed by atoms with Gasteiger partial charge in [0, 0.05) is 54.9 Å². The molecule has 10 heteroatoms. The Morgan fingerprint density at radius 3 is 2.11 bits per heavy atom. The number of fused-ring (bicyclic) bond motifs is 1. The molecular formula is C17H13EuF3O6. The fourth-order valence-electron chi connectivity index (χ4n) is 2.40. The van der Waals surface area contributed by atoms with E-state index in [4.69, 9.17) is 4.42 Å². The van der Waals surface area contributed by atoms with Crippen LogP contribution in [0, 0.1) is 49.4 Å². The molecule has 0 fully saturated rings. The first kappa shape index (κ1) is 25.4. The zero-order chi connectivity index (χ0) is 17.5. The minimum absolute atomic E-state index is 0. The van der Waals surface area contributed by atoms with Gasteiger partial charge in [0.1, 0.15) is 11.3 Å². The van der Waals surface area contributed by atoms with Crippen molar-refractivity contribution in [2.75, 3.05) is 0 Å². The number of ketones is 1. The van der Waals surface area contributed by atoms with Crippen LogP contribution in [0.3, 0.4) is 0 Å². The summed E-state index contributed by atoms with van der Waals surface area (Å²) in [5, 5.41) is 9.91. The van der Waals surface area contributed by atoms with Gasteiger partial charge >= 0.3 is 11.8 Å². The van der Waals surface area contributed by atoms with Crippen molar-refractivity contribution in [3.8, 4) is 16.9 Å². The second kappa shape index (κ2) is 9.56. The van der Waals surface area contributed by atoms with E-state index in [1.54, 1.807) is 36.4 Å². The van der Waals surface area contributed by atoms with Crippen LogP contribution in [-0.2, 0) is 0 Å². The molecule has 0 spiro atoms. The normalized spacial score (nSPS) is 10.3. The van der Waals surface area contributed by atoms with Crippen LogP contribution in [0.1, 0.15) is 10.4 Å². The van der Waals surface area contributed by atoms with Crippen molar-refractivity contribution in [2.24, 2.45) is 0 Å². The predicted molar refractivity (Wildman–Crippen MR) is 87.2 cm³/mol. The Bertz CT molecular complexity index is 999. The average Bonchev–Trinajstić information content (AvgIpc) is 2.54. The van der Waals surface area contributed by atoms with Gasteiger partial charge in [0.15, 0.2) is 5.56 Å². The molecule has 27 heavy (non-hydrogen) atoms. The summed E-state index contributed by atoms with van der Waals surface area (Å²) in [6, 6.07) is 13.0. The second-order valence-corrected chi connectivity index (χ2v) is 4.99. The number of carbonyl (C=O) groups is 1. The Morgan fingerprint density at radius 1 is 0.963 bits per heavy atom. The van der Waals surface area contributed by atoms with E-state index < -0.39 is 28.9 Å². The molecule has 0 saturated heterocycles. The van der Waals surface area contributed by atoms with Gasteiger partial charge in [0.05, 0.1) is 5.39 Å². The van der Waals surface area contributed by atoms with E-state index in [0.717, 1.165) is 0 Å². The molecule has 0 atom stereocenters. The summed E-state index contributed by atoms with van der Waals surface area (Å²) in [6.45, 7) is 0. The van der Waals surface area contributed by atoms with Crippen molar-refractivity contribution >= 4 is 16.8 Å². The summed E-state index contributed by atoms with van der Waals surface area (Å²) in [4.78, 5) is 23.2. The molecule has 0 unspecified atom stereocenters. The van der Waals surface area contributed by atoms with Crippen molar-refractivity contribution in [3.63, 3.8) is 0 Å². The van der Waals surface area contributed by atoms with Crippen LogP contribution in [0.4, 0.5) is 13.2 Å². The van der Waals surface area contributed by atoms with Crippen LogP contribution >= 0.6 is 0 Å². The smallest absolute Gasteiger partial charge is 0.455 e. The van der Waals surface area contributed by atoms with E-state index in [9.17, 15) is 27.9 Å². The fourth-order valence-corrected chi connectivity index (χ4v) is 2.40. The quantitative estimate of drug-likeness (QED) is 0.409. The molecule has 0 bridgehead atoms. The molecule has 2 aromatic carbocycles. The third kappa shape index (κ3) is 4.83. The van der Waals surface area contributed by atoms with Crippen LogP contribution in [0.25, 0.3) is 22.1 Å². The minimum Gasteiger partial charge on any atom is -0.506 e. The molecule has 0 aliphatic heterocycles.